The summed E-state index contributed by atoms with van der Waals surface area (Å²) >= 11 is 0. The maximum atomic E-state index is 13.1. The number of para-hydroxylation sites is 1. The molecule has 0 atom stereocenters. The van der Waals surface area contributed by atoms with Crippen LogP contribution in [0.3, 0.4) is 0 Å². The van der Waals surface area contributed by atoms with E-state index in [4.69, 9.17) is 4.42 Å². The third kappa shape index (κ3) is 2.73. The lowest BCUT2D eigenvalue weighted by molar-refractivity contribution is 0.0679. The SMILES string of the molecule is Cc1c(C(=O)N2CCC(c3nnc4n3CCNC4)CC2)oc2c(C)cccc12. The van der Waals surface area contributed by atoms with Gasteiger partial charge in [0.15, 0.2) is 5.76 Å². The molecule has 28 heavy (non-hydrogen) atoms. The predicted octanol–water partition coefficient (Wildman–Crippen LogP) is 2.76. The van der Waals surface area contributed by atoms with Gasteiger partial charge in [-0.25, -0.2) is 0 Å². The number of hydrogen-bond acceptors (Lipinski definition) is 5. The smallest absolute Gasteiger partial charge is 0.289 e. The van der Waals surface area contributed by atoms with Crippen LogP contribution >= 0.6 is 0 Å². The molecule has 4 heterocycles. The van der Waals surface area contributed by atoms with Gasteiger partial charge in [0, 0.05) is 43.0 Å². The Bertz CT molecular complexity index is 1040. The fourth-order valence-electron chi connectivity index (χ4n) is 4.49. The van der Waals surface area contributed by atoms with Gasteiger partial charge < -0.3 is 19.2 Å². The van der Waals surface area contributed by atoms with Crippen LogP contribution in [0.2, 0.25) is 0 Å². The van der Waals surface area contributed by atoms with Gasteiger partial charge >= 0.3 is 0 Å². The summed E-state index contributed by atoms with van der Waals surface area (Å²) in [7, 11) is 0. The number of amides is 1. The highest BCUT2D eigenvalue weighted by Gasteiger charge is 2.31. The number of aromatic nitrogens is 3. The molecule has 0 radical (unpaired) electrons. The molecule has 0 bridgehead atoms. The summed E-state index contributed by atoms with van der Waals surface area (Å²) in [6.07, 6.45) is 1.82. The van der Waals surface area contributed by atoms with Crippen molar-refractivity contribution >= 4 is 16.9 Å². The number of fused-ring (bicyclic) bond motifs is 2. The van der Waals surface area contributed by atoms with Crippen LogP contribution in [0, 0.1) is 13.8 Å². The van der Waals surface area contributed by atoms with Gasteiger partial charge in [0.05, 0.1) is 6.54 Å². The highest BCUT2D eigenvalue weighted by atomic mass is 16.3. The molecule has 1 fully saturated rings. The Hall–Kier alpha value is -2.67. The van der Waals surface area contributed by atoms with E-state index in [9.17, 15) is 4.79 Å². The summed E-state index contributed by atoms with van der Waals surface area (Å²) in [6.45, 7) is 8.10. The lowest BCUT2D eigenvalue weighted by Gasteiger charge is -2.31. The maximum Gasteiger partial charge on any atom is 0.289 e. The molecule has 2 aliphatic rings. The first kappa shape index (κ1) is 17.4. The monoisotopic (exact) mass is 379 g/mol. The number of hydrogen-bond donors (Lipinski definition) is 1. The topological polar surface area (TPSA) is 76.2 Å². The molecular formula is C21H25N5O2. The van der Waals surface area contributed by atoms with Crippen LogP contribution in [0.15, 0.2) is 22.6 Å². The Morgan fingerprint density at radius 2 is 2.00 bits per heavy atom. The largest absolute Gasteiger partial charge is 0.450 e. The summed E-state index contributed by atoms with van der Waals surface area (Å²) in [5.41, 5.74) is 2.82. The molecule has 1 N–H and O–H groups in total. The third-order valence-corrected chi connectivity index (χ3v) is 6.15. The van der Waals surface area contributed by atoms with Crippen LogP contribution in [-0.4, -0.2) is 45.2 Å². The molecule has 2 aliphatic heterocycles. The van der Waals surface area contributed by atoms with E-state index in [1.807, 2.05) is 36.9 Å². The molecule has 7 heteroatoms. The first-order valence-corrected chi connectivity index (χ1v) is 10.0. The predicted molar refractivity (Wildman–Crippen MR) is 105 cm³/mol. The number of furan rings is 1. The van der Waals surface area contributed by atoms with Crippen molar-refractivity contribution in [3.8, 4) is 0 Å². The van der Waals surface area contributed by atoms with Crippen LogP contribution in [-0.2, 0) is 13.1 Å². The molecule has 1 saturated heterocycles. The summed E-state index contributed by atoms with van der Waals surface area (Å²) < 4.78 is 8.25. The number of piperidine rings is 1. The minimum absolute atomic E-state index is 0.000905. The van der Waals surface area contributed by atoms with Gasteiger partial charge in [-0.15, -0.1) is 10.2 Å². The lowest BCUT2D eigenvalue weighted by Crippen LogP contribution is -2.39. The number of likely N-dealkylation sites (tertiary alicyclic amines) is 1. The van der Waals surface area contributed by atoms with E-state index in [-0.39, 0.29) is 5.91 Å². The normalized spacial score (nSPS) is 17.9. The van der Waals surface area contributed by atoms with Gasteiger partial charge in [0.25, 0.3) is 5.91 Å². The first-order valence-electron chi connectivity index (χ1n) is 10.0. The molecule has 3 aromatic rings. The maximum absolute atomic E-state index is 13.1. The summed E-state index contributed by atoms with van der Waals surface area (Å²) in [6, 6.07) is 6.04. The Morgan fingerprint density at radius 3 is 2.79 bits per heavy atom. The average Bonchev–Trinajstić information content (AvgIpc) is 3.30. The van der Waals surface area contributed by atoms with Gasteiger partial charge in [-0.3, -0.25) is 4.79 Å². The highest BCUT2D eigenvalue weighted by Crippen LogP contribution is 2.32. The molecular weight excluding hydrogens is 354 g/mol. The second kappa shape index (κ2) is 6.74. The van der Waals surface area contributed by atoms with Crippen LogP contribution in [0.4, 0.5) is 0 Å². The number of rotatable bonds is 2. The zero-order chi connectivity index (χ0) is 19.3. The molecule has 1 aromatic carbocycles. The minimum atomic E-state index is -0.000905. The molecule has 1 amide bonds. The zero-order valence-electron chi connectivity index (χ0n) is 16.4. The zero-order valence-corrected chi connectivity index (χ0v) is 16.4. The number of nitrogens with one attached hydrogen (secondary N) is 1. The van der Waals surface area contributed by atoms with Gasteiger partial charge in [0.2, 0.25) is 0 Å². The molecule has 5 rings (SSSR count). The molecule has 0 saturated carbocycles. The van der Waals surface area contributed by atoms with Crippen molar-refractivity contribution in [2.75, 3.05) is 19.6 Å². The van der Waals surface area contributed by atoms with Crippen molar-refractivity contribution in [1.29, 1.82) is 0 Å². The van der Waals surface area contributed by atoms with Crippen molar-refractivity contribution in [2.24, 2.45) is 0 Å². The Morgan fingerprint density at radius 1 is 1.18 bits per heavy atom. The van der Waals surface area contributed by atoms with E-state index in [2.05, 4.69) is 20.1 Å². The summed E-state index contributed by atoms with van der Waals surface area (Å²) in [4.78, 5) is 15.0. The molecule has 0 unspecified atom stereocenters. The van der Waals surface area contributed by atoms with Crippen LogP contribution < -0.4 is 5.32 Å². The van der Waals surface area contributed by atoms with Gasteiger partial charge in [0.1, 0.15) is 17.2 Å². The van der Waals surface area contributed by atoms with Crippen LogP contribution in [0.25, 0.3) is 11.0 Å². The lowest BCUT2D eigenvalue weighted by atomic mass is 9.95. The van der Waals surface area contributed by atoms with E-state index < -0.39 is 0 Å². The molecule has 0 aliphatic carbocycles. The van der Waals surface area contributed by atoms with E-state index >= 15 is 0 Å². The number of benzene rings is 1. The Labute approximate surface area is 163 Å². The number of aryl methyl sites for hydroxylation is 2. The van der Waals surface area contributed by atoms with Crippen LogP contribution in [0.5, 0.6) is 0 Å². The minimum Gasteiger partial charge on any atom is -0.450 e. The summed E-state index contributed by atoms with van der Waals surface area (Å²) in [5, 5.41) is 13.1. The second-order valence-electron chi connectivity index (χ2n) is 7.88. The highest BCUT2D eigenvalue weighted by molar-refractivity contribution is 5.99. The third-order valence-electron chi connectivity index (χ3n) is 6.15. The van der Waals surface area contributed by atoms with Crippen molar-refractivity contribution in [3.05, 3.63) is 46.7 Å². The molecule has 2 aromatic heterocycles. The van der Waals surface area contributed by atoms with E-state index in [1.54, 1.807) is 0 Å². The first-order chi connectivity index (χ1) is 13.6. The van der Waals surface area contributed by atoms with Crippen LogP contribution in [0.1, 0.15) is 52.1 Å². The van der Waals surface area contributed by atoms with Gasteiger partial charge in [-0.05, 0) is 32.3 Å². The Kier molecular flexibility index (Phi) is 4.19. The van der Waals surface area contributed by atoms with Crippen molar-refractivity contribution < 1.29 is 9.21 Å². The van der Waals surface area contributed by atoms with E-state index in [0.29, 0.717) is 11.7 Å². The number of nitrogens with zero attached hydrogens (tertiary/aromatic N) is 4. The second-order valence-corrected chi connectivity index (χ2v) is 7.88. The fourth-order valence-corrected chi connectivity index (χ4v) is 4.49. The summed E-state index contributed by atoms with van der Waals surface area (Å²) in [5.74, 6) is 2.95. The van der Waals surface area contributed by atoms with E-state index in [1.165, 1.54) is 0 Å². The van der Waals surface area contributed by atoms with Gasteiger partial charge in [-0.1, -0.05) is 18.2 Å². The van der Waals surface area contributed by atoms with Crippen molar-refractivity contribution in [2.45, 2.75) is 45.7 Å². The quantitative estimate of drug-likeness (QED) is 0.741. The van der Waals surface area contributed by atoms with Gasteiger partial charge in [-0.2, -0.15) is 0 Å². The standard InChI is InChI=1S/C21H25N5O2/c1-13-4-3-5-16-14(2)19(28-18(13)16)21(27)25-9-6-15(7-10-25)20-24-23-17-12-22-8-11-26(17)20/h3-5,15,22H,6-12H2,1-2H3. The molecule has 146 valence electrons. The fraction of sp³-hybridized carbons (Fsp3) is 0.476. The molecule has 7 nitrogen and oxygen atoms in total. The van der Waals surface area contributed by atoms with Crippen molar-refractivity contribution in [3.63, 3.8) is 0 Å². The molecule has 0 spiro atoms. The van der Waals surface area contributed by atoms with Crippen molar-refractivity contribution in [1.82, 2.24) is 25.0 Å². The number of carbonyl (C=O) groups excluding carboxylic acids is 1. The van der Waals surface area contributed by atoms with E-state index in [0.717, 1.165) is 79.3 Å². The average molecular weight is 379 g/mol. The Balaban J connectivity index is 1.33. The number of carbonyl (C=O) groups is 1.